The molecule has 0 bridgehead atoms. The SMILES string of the molecule is Cc1nn(C)c(C)c1NC(=O)[C@H](C)[NH+]1CCNC(=O)C1. The van der Waals surface area contributed by atoms with E-state index in [9.17, 15) is 9.59 Å². The highest BCUT2D eigenvalue weighted by Gasteiger charge is 2.30. The predicted octanol–water partition coefficient (Wildman–Crippen LogP) is -1.62. The van der Waals surface area contributed by atoms with E-state index in [2.05, 4.69) is 15.7 Å². The second kappa shape index (κ2) is 5.62. The number of nitrogens with zero attached hydrogens (tertiary/aromatic N) is 2. The highest BCUT2D eigenvalue weighted by atomic mass is 16.2. The maximum absolute atomic E-state index is 12.3. The summed E-state index contributed by atoms with van der Waals surface area (Å²) >= 11 is 0. The number of amides is 2. The number of hydrogen-bond donors (Lipinski definition) is 3. The number of aryl methyl sites for hydroxylation is 2. The molecular weight excluding hydrogens is 258 g/mol. The number of piperazine rings is 1. The average Bonchev–Trinajstić information content (AvgIpc) is 2.64. The van der Waals surface area contributed by atoms with Crippen LogP contribution in [-0.2, 0) is 16.6 Å². The van der Waals surface area contributed by atoms with Gasteiger partial charge in [-0.1, -0.05) is 0 Å². The van der Waals surface area contributed by atoms with Crippen LogP contribution in [0.5, 0.6) is 0 Å². The first-order valence-electron chi connectivity index (χ1n) is 6.82. The van der Waals surface area contributed by atoms with Gasteiger partial charge in [0.1, 0.15) is 0 Å². The Labute approximate surface area is 118 Å². The monoisotopic (exact) mass is 280 g/mol. The Morgan fingerprint density at radius 2 is 2.20 bits per heavy atom. The lowest BCUT2D eigenvalue weighted by Gasteiger charge is -2.28. The number of hydrogen-bond acceptors (Lipinski definition) is 3. The predicted molar refractivity (Wildman–Crippen MR) is 74.5 cm³/mol. The quantitative estimate of drug-likeness (QED) is 0.622. The molecule has 0 spiro atoms. The minimum Gasteiger partial charge on any atom is -0.346 e. The van der Waals surface area contributed by atoms with Gasteiger partial charge >= 0.3 is 0 Å². The number of rotatable bonds is 3. The third-order valence-electron chi connectivity index (χ3n) is 3.92. The molecule has 0 saturated carbocycles. The van der Waals surface area contributed by atoms with Crippen LogP contribution in [-0.4, -0.2) is 47.3 Å². The van der Waals surface area contributed by atoms with Crippen LogP contribution in [0, 0.1) is 13.8 Å². The topological polar surface area (TPSA) is 80.5 Å². The van der Waals surface area contributed by atoms with E-state index in [0.29, 0.717) is 13.1 Å². The van der Waals surface area contributed by atoms with Crippen LogP contribution in [0.1, 0.15) is 18.3 Å². The van der Waals surface area contributed by atoms with Gasteiger partial charge < -0.3 is 15.5 Å². The van der Waals surface area contributed by atoms with Crippen molar-refractivity contribution in [2.75, 3.05) is 25.0 Å². The van der Waals surface area contributed by atoms with Crippen LogP contribution in [0.15, 0.2) is 0 Å². The molecule has 1 aliphatic heterocycles. The van der Waals surface area contributed by atoms with Crippen molar-refractivity contribution in [1.29, 1.82) is 0 Å². The minimum absolute atomic E-state index is 0.000334. The fraction of sp³-hybridized carbons (Fsp3) is 0.615. The van der Waals surface area contributed by atoms with E-state index < -0.39 is 0 Å². The second-order valence-corrected chi connectivity index (χ2v) is 5.32. The van der Waals surface area contributed by atoms with E-state index in [1.807, 2.05) is 27.8 Å². The summed E-state index contributed by atoms with van der Waals surface area (Å²) in [7, 11) is 1.85. The third kappa shape index (κ3) is 2.82. The van der Waals surface area contributed by atoms with Gasteiger partial charge in [0, 0.05) is 7.05 Å². The molecule has 1 saturated heterocycles. The Kier molecular flexibility index (Phi) is 4.08. The van der Waals surface area contributed by atoms with Gasteiger partial charge in [0.25, 0.3) is 11.8 Å². The van der Waals surface area contributed by atoms with Crippen LogP contribution < -0.4 is 15.5 Å². The molecule has 2 amide bonds. The van der Waals surface area contributed by atoms with Gasteiger partial charge in [-0.15, -0.1) is 0 Å². The fourth-order valence-corrected chi connectivity index (χ4v) is 2.46. The zero-order chi connectivity index (χ0) is 14.9. The Balaban J connectivity index is 2.05. The highest BCUT2D eigenvalue weighted by molar-refractivity contribution is 5.94. The van der Waals surface area contributed by atoms with E-state index in [-0.39, 0.29) is 17.9 Å². The molecule has 0 aromatic carbocycles. The summed E-state index contributed by atoms with van der Waals surface area (Å²) in [6, 6.07) is -0.264. The maximum Gasteiger partial charge on any atom is 0.282 e. The Morgan fingerprint density at radius 1 is 1.50 bits per heavy atom. The number of carbonyl (C=O) groups is 2. The lowest BCUT2D eigenvalue weighted by atomic mass is 10.2. The molecule has 2 rings (SSSR count). The van der Waals surface area contributed by atoms with Gasteiger partial charge in [0.15, 0.2) is 12.6 Å². The van der Waals surface area contributed by atoms with Crippen LogP contribution in [0.25, 0.3) is 0 Å². The number of carbonyl (C=O) groups excluding carboxylic acids is 2. The molecule has 110 valence electrons. The van der Waals surface area contributed by atoms with Crippen molar-refractivity contribution in [2.45, 2.75) is 26.8 Å². The van der Waals surface area contributed by atoms with E-state index in [0.717, 1.165) is 28.5 Å². The summed E-state index contributed by atoms with van der Waals surface area (Å²) < 4.78 is 1.75. The van der Waals surface area contributed by atoms with Crippen molar-refractivity contribution in [3.8, 4) is 0 Å². The van der Waals surface area contributed by atoms with Gasteiger partial charge in [-0.3, -0.25) is 14.3 Å². The molecule has 0 aliphatic carbocycles. The van der Waals surface area contributed by atoms with Gasteiger partial charge in [0.05, 0.1) is 30.2 Å². The smallest absolute Gasteiger partial charge is 0.282 e. The molecule has 20 heavy (non-hydrogen) atoms. The highest BCUT2D eigenvalue weighted by Crippen LogP contribution is 2.18. The van der Waals surface area contributed by atoms with Crippen LogP contribution >= 0.6 is 0 Å². The largest absolute Gasteiger partial charge is 0.346 e. The van der Waals surface area contributed by atoms with Crippen molar-refractivity contribution >= 4 is 17.5 Å². The Bertz CT molecular complexity index is 537. The third-order valence-corrected chi connectivity index (χ3v) is 3.92. The van der Waals surface area contributed by atoms with Gasteiger partial charge in [-0.25, -0.2) is 0 Å². The van der Waals surface area contributed by atoms with Gasteiger partial charge in [0.2, 0.25) is 0 Å². The molecule has 1 aromatic heterocycles. The molecule has 0 radical (unpaired) electrons. The van der Waals surface area contributed by atoms with E-state index >= 15 is 0 Å². The molecular formula is C13H22N5O2+. The van der Waals surface area contributed by atoms with E-state index in [1.54, 1.807) is 4.68 Å². The molecule has 1 fully saturated rings. The summed E-state index contributed by atoms with van der Waals surface area (Å²) in [6.45, 7) is 7.38. The van der Waals surface area contributed by atoms with Crippen LogP contribution in [0.4, 0.5) is 5.69 Å². The van der Waals surface area contributed by atoms with E-state index in [1.165, 1.54) is 0 Å². The van der Waals surface area contributed by atoms with Crippen molar-refractivity contribution in [1.82, 2.24) is 15.1 Å². The molecule has 1 aromatic rings. The first kappa shape index (κ1) is 14.5. The molecule has 1 unspecified atom stereocenters. The summed E-state index contributed by atoms with van der Waals surface area (Å²) in [5.74, 6) is -0.0754. The summed E-state index contributed by atoms with van der Waals surface area (Å²) in [5, 5.41) is 9.99. The first-order valence-corrected chi connectivity index (χ1v) is 6.82. The molecule has 7 heteroatoms. The van der Waals surface area contributed by atoms with Crippen LogP contribution in [0.2, 0.25) is 0 Å². The van der Waals surface area contributed by atoms with Gasteiger partial charge in [-0.2, -0.15) is 5.10 Å². The molecule has 2 heterocycles. The molecule has 7 nitrogen and oxygen atoms in total. The summed E-state index contributed by atoms with van der Waals surface area (Å²) in [6.07, 6.45) is 0. The molecule has 1 aliphatic rings. The van der Waals surface area contributed by atoms with Crippen molar-refractivity contribution in [3.63, 3.8) is 0 Å². The second-order valence-electron chi connectivity index (χ2n) is 5.32. The maximum atomic E-state index is 12.3. The first-order chi connectivity index (χ1) is 9.40. The number of quaternary nitrogens is 1. The number of anilines is 1. The normalized spacial score (nSPS) is 20.4. The van der Waals surface area contributed by atoms with Crippen molar-refractivity contribution < 1.29 is 14.5 Å². The zero-order valence-electron chi connectivity index (χ0n) is 12.4. The fourth-order valence-electron chi connectivity index (χ4n) is 2.46. The molecule has 3 N–H and O–H groups in total. The Hall–Kier alpha value is -1.89. The lowest BCUT2D eigenvalue weighted by molar-refractivity contribution is -0.907. The standard InChI is InChI=1S/C13H21N5O2/c1-8-12(9(2)17(4)16-8)15-13(20)10(3)18-6-5-14-11(19)7-18/h10H,5-7H2,1-4H3,(H,14,19)(H,15,20)/p+1/t10-/m0/s1. The van der Waals surface area contributed by atoms with Crippen molar-refractivity contribution in [3.05, 3.63) is 11.4 Å². The summed E-state index contributed by atoms with van der Waals surface area (Å²) in [4.78, 5) is 24.7. The number of nitrogens with one attached hydrogen (secondary N) is 3. The van der Waals surface area contributed by atoms with Gasteiger partial charge in [-0.05, 0) is 20.8 Å². The minimum atomic E-state index is -0.264. The van der Waals surface area contributed by atoms with Crippen LogP contribution in [0.3, 0.4) is 0 Å². The lowest BCUT2D eigenvalue weighted by Crippen LogP contribution is -3.19. The number of aromatic nitrogens is 2. The Morgan fingerprint density at radius 3 is 2.75 bits per heavy atom. The van der Waals surface area contributed by atoms with Crippen molar-refractivity contribution in [2.24, 2.45) is 7.05 Å². The summed E-state index contributed by atoms with van der Waals surface area (Å²) in [5.41, 5.74) is 2.50. The van der Waals surface area contributed by atoms with E-state index in [4.69, 9.17) is 0 Å². The molecule has 2 atom stereocenters. The average molecular weight is 280 g/mol. The zero-order valence-corrected chi connectivity index (χ0v) is 12.4.